The van der Waals surface area contributed by atoms with Gasteiger partial charge >= 0.3 is 0 Å². The van der Waals surface area contributed by atoms with Crippen LogP contribution in [0.4, 0.5) is 5.69 Å². The van der Waals surface area contributed by atoms with E-state index in [1.165, 1.54) is 11.1 Å². The lowest BCUT2D eigenvalue weighted by atomic mass is 10.0. The number of aryl methyl sites for hydroxylation is 2. The largest absolute Gasteiger partial charge is 0.491 e. The molecule has 0 radical (unpaired) electrons. The second-order valence-corrected chi connectivity index (χ2v) is 9.85. The fourth-order valence-electron chi connectivity index (χ4n) is 5.11. The number of amides is 1. The van der Waals surface area contributed by atoms with Crippen molar-refractivity contribution in [3.05, 3.63) is 89.2 Å². The highest BCUT2D eigenvalue weighted by molar-refractivity contribution is 5.97. The normalized spacial score (nSPS) is 16.0. The number of carbonyl (C=O) groups is 1. The molecule has 5 heteroatoms. The molecule has 0 saturated carbocycles. The van der Waals surface area contributed by atoms with Crippen molar-refractivity contribution in [1.29, 1.82) is 0 Å². The van der Waals surface area contributed by atoms with E-state index in [4.69, 9.17) is 9.72 Å². The van der Waals surface area contributed by atoms with Crippen molar-refractivity contribution in [3.63, 3.8) is 0 Å². The van der Waals surface area contributed by atoms with Crippen molar-refractivity contribution in [2.24, 2.45) is 0 Å². The Balaban J connectivity index is 1.41. The minimum atomic E-state index is 0.0414. The Hall–Kier alpha value is -3.60. The molecule has 0 N–H and O–H groups in total. The molecule has 1 aliphatic heterocycles. The minimum Gasteiger partial charge on any atom is -0.491 e. The van der Waals surface area contributed by atoms with Gasteiger partial charge in [-0.3, -0.25) is 4.79 Å². The molecule has 4 aromatic rings. The molecule has 1 atom stereocenters. The molecule has 180 valence electrons. The van der Waals surface area contributed by atoms with E-state index >= 15 is 0 Å². The lowest BCUT2D eigenvalue weighted by Gasteiger charge is -2.19. The van der Waals surface area contributed by atoms with Crippen LogP contribution in [-0.2, 0) is 11.3 Å². The average Bonchev–Trinajstić information content (AvgIpc) is 3.40. The molecule has 5 rings (SSSR count). The summed E-state index contributed by atoms with van der Waals surface area (Å²) in [4.78, 5) is 19.9. The minimum absolute atomic E-state index is 0.0414. The zero-order valence-electron chi connectivity index (χ0n) is 21.0. The number of anilines is 1. The van der Waals surface area contributed by atoms with Crippen LogP contribution >= 0.6 is 0 Å². The summed E-state index contributed by atoms with van der Waals surface area (Å²) in [6, 6.07) is 22.7. The number of nitrogens with zero attached hydrogens (tertiary/aromatic N) is 3. The number of para-hydroxylation sites is 3. The van der Waals surface area contributed by atoms with Gasteiger partial charge in [-0.1, -0.05) is 56.3 Å². The van der Waals surface area contributed by atoms with Crippen LogP contribution < -0.4 is 9.64 Å². The summed E-state index contributed by atoms with van der Waals surface area (Å²) in [5, 5.41) is 0. The Morgan fingerprint density at radius 1 is 1.03 bits per heavy atom. The molecule has 1 aliphatic rings. The van der Waals surface area contributed by atoms with E-state index in [1.54, 1.807) is 0 Å². The standard InChI is InChI=1S/C30H33N3O2/c1-20(2)24-14-13-21(3)17-28(24)35-16-15-32-27-12-8-6-10-25(27)31-30(32)23-18-29(34)33(19-23)26-11-7-5-9-22(26)4/h5-14,17,20,23H,15-16,18-19H2,1-4H3/t23-/m1/s1. The molecular weight excluding hydrogens is 434 g/mol. The van der Waals surface area contributed by atoms with E-state index in [9.17, 15) is 4.79 Å². The summed E-state index contributed by atoms with van der Waals surface area (Å²) >= 11 is 0. The van der Waals surface area contributed by atoms with Gasteiger partial charge in [-0.25, -0.2) is 4.98 Å². The van der Waals surface area contributed by atoms with Gasteiger partial charge in [-0.2, -0.15) is 0 Å². The Morgan fingerprint density at radius 2 is 1.80 bits per heavy atom. The van der Waals surface area contributed by atoms with Crippen molar-refractivity contribution >= 4 is 22.6 Å². The highest BCUT2D eigenvalue weighted by Gasteiger charge is 2.35. The van der Waals surface area contributed by atoms with E-state index in [2.05, 4.69) is 62.6 Å². The van der Waals surface area contributed by atoms with Crippen molar-refractivity contribution in [1.82, 2.24) is 9.55 Å². The summed E-state index contributed by atoms with van der Waals surface area (Å²) in [7, 11) is 0. The van der Waals surface area contributed by atoms with Crippen molar-refractivity contribution in [2.45, 2.75) is 52.5 Å². The van der Waals surface area contributed by atoms with E-state index in [0.29, 0.717) is 32.0 Å². The van der Waals surface area contributed by atoms with Gasteiger partial charge in [0, 0.05) is 24.6 Å². The molecule has 0 unspecified atom stereocenters. The molecule has 1 saturated heterocycles. The third kappa shape index (κ3) is 4.55. The van der Waals surface area contributed by atoms with Crippen LogP contribution in [0.1, 0.15) is 54.6 Å². The second-order valence-electron chi connectivity index (χ2n) is 9.85. The number of rotatable bonds is 7. The van der Waals surface area contributed by atoms with E-state index < -0.39 is 0 Å². The first-order chi connectivity index (χ1) is 16.9. The molecular formula is C30H33N3O2. The fourth-order valence-corrected chi connectivity index (χ4v) is 5.11. The monoisotopic (exact) mass is 467 g/mol. The maximum atomic E-state index is 13.0. The van der Waals surface area contributed by atoms with Gasteiger partial charge in [0.25, 0.3) is 0 Å². The molecule has 1 aromatic heterocycles. The van der Waals surface area contributed by atoms with Crippen LogP contribution in [0.5, 0.6) is 5.75 Å². The summed E-state index contributed by atoms with van der Waals surface area (Å²) in [5.74, 6) is 2.51. The third-order valence-electron chi connectivity index (χ3n) is 6.94. The van der Waals surface area contributed by atoms with Crippen LogP contribution in [0.15, 0.2) is 66.7 Å². The number of carbonyl (C=O) groups excluding carboxylic acids is 1. The molecule has 1 fully saturated rings. The van der Waals surface area contributed by atoms with Gasteiger partial charge < -0.3 is 14.2 Å². The smallest absolute Gasteiger partial charge is 0.227 e. The first kappa shape index (κ1) is 23.2. The van der Waals surface area contributed by atoms with E-state index in [1.807, 2.05) is 41.3 Å². The Labute approximate surface area is 207 Å². The topological polar surface area (TPSA) is 47.4 Å². The lowest BCUT2D eigenvalue weighted by Crippen LogP contribution is -2.25. The number of hydrogen-bond donors (Lipinski definition) is 0. The molecule has 0 spiro atoms. The van der Waals surface area contributed by atoms with Crippen LogP contribution in [0.25, 0.3) is 11.0 Å². The van der Waals surface area contributed by atoms with Gasteiger partial charge in [0.15, 0.2) is 0 Å². The third-order valence-corrected chi connectivity index (χ3v) is 6.94. The number of ether oxygens (including phenoxy) is 1. The number of hydrogen-bond acceptors (Lipinski definition) is 3. The van der Waals surface area contributed by atoms with Crippen molar-refractivity contribution < 1.29 is 9.53 Å². The molecule has 5 nitrogen and oxygen atoms in total. The maximum absolute atomic E-state index is 13.0. The number of aromatic nitrogens is 2. The Bertz CT molecular complexity index is 1370. The summed E-state index contributed by atoms with van der Waals surface area (Å²) < 4.78 is 8.57. The van der Waals surface area contributed by atoms with Crippen molar-refractivity contribution in [2.75, 3.05) is 18.1 Å². The maximum Gasteiger partial charge on any atom is 0.227 e. The Kier molecular flexibility index (Phi) is 6.33. The second kappa shape index (κ2) is 9.57. The number of imidazole rings is 1. The summed E-state index contributed by atoms with van der Waals surface area (Å²) in [6.07, 6.45) is 0.466. The van der Waals surface area contributed by atoms with Gasteiger partial charge in [-0.15, -0.1) is 0 Å². The van der Waals surface area contributed by atoms with Gasteiger partial charge in [0.1, 0.15) is 18.2 Å². The van der Waals surface area contributed by atoms with Crippen molar-refractivity contribution in [3.8, 4) is 5.75 Å². The highest BCUT2D eigenvalue weighted by atomic mass is 16.5. The molecule has 0 aliphatic carbocycles. The molecule has 0 bridgehead atoms. The molecule has 3 aromatic carbocycles. The van der Waals surface area contributed by atoms with Crippen LogP contribution in [-0.4, -0.2) is 28.6 Å². The zero-order valence-corrected chi connectivity index (χ0v) is 21.0. The van der Waals surface area contributed by atoms with Gasteiger partial charge in [-0.05, 0) is 60.7 Å². The summed E-state index contributed by atoms with van der Waals surface area (Å²) in [5.41, 5.74) is 6.57. The van der Waals surface area contributed by atoms with E-state index in [-0.39, 0.29) is 11.8 Å². The van der Waals surface area contributed by atoms with E-state index in [0.717, 1.165) is 33.9 Å². The number of benzene rings is 3. The first-order valence-corrected chi connectivity index (χ1v) is 12.5. The van der Waals surface area contributed by atoms with Crippen LogP contribution in [0.2, 0.25) is 0 Å². The first-order valence-electron chi connectivity index (χ1n) is 12.5. The summed E-state index contributed by atoms with van der Waals surface area (Å²) in [6.45, 7) is 10.4. The average molecular weight is 468 g/mol. The predicted octanol–water partition coefficient (Wildman–Crippen LogP) is 6.38. The van der Waals surface area contributed by atoms with Crippen LogP contribution in [0, 0.1) is 13.8 Å². The molecule has 2 heterocycles. The quantitative estimate of drug-likeness (QED) is 0.317. The molecule has 1 amide bonds. The zero-order chi connectivity index (χ0) is 24.5. The predicted molar refractivity (Wildman–Crippen MR) is 141 cm³/mol. The van der Waals surface area contributed by atoms with Crippen LogP contribution in [0.3, 0.4) is 0 Å². The number of fused-ring (bicyclic) bond motifs is 1. The lowest BCUT2D eigenvalue weighted by molar-refractivity contribution is -0.117. The van der Waals surface area contributed by atoms with Gasteiger partial charge in [0.2, 0.25) is 5.91 Å². The van der Waals surface area contributed by atoms with Gasteiger partial charge in [0.05, 0.1) is 17.6 Å². The Morgan fingerprint density at radius 3 is 2.60 bits per heavy atom. The molecule has 35 heavy (non-hydrogen) atoms. The fraction of sp³-hybridized carbons (Fsp3) is 0.333. The highest BCUT2D eigenvalue weighted by Crippen LogP contribution is 2.34. The SMILES string of the molecule is Cc1ccc(C(C)C)c(OCCn2c([C@@H]3CC(=O)N(c4ccccc4C)C3)nc3ccccc32)c1.